The second-order valence-corrected chi connectivity index (χ2v) is 6.65. The van der Waals surface area contributed by atoms with Crippen molar-refractivity contribution in [3.8, 4) is 0 Å². The van der Waals surface area contributed by atoms with E-state index in [2.05, 4.69) is 18.7 Å². The summed E-state index contributed by atoms with van der Waals surface area (Å²) in [5, 5.41) is 11.2. The van der Waals surface area contributed by atoms with Crippen LogP contribution in [0.25, 0.3) is 0 Å². The first kappa shape index (κ1) is 14.3. The predicted molar refractivity (Wildman–Crippen MR) is 75.4 cm³/mol. The SMILES string of the molecule is CCN1CCCC(O)(C2(CN)CCC(C)C2)CC1. The third kappa shape index (κ3) is 2.45. The van der Waals surface area contributed by atoms with Gasteiger partial charge in [-0.05, 0) is 51.1 Å². The Balaban J connectivity index is 2.13. The minimum absolute atomic E-state index is 0.00380. The Morgan fingerprint density at radius 2 is 2.06 bits per heavy atom. The van der Waals surface area contributed by atoms with Crippen molar-refractivity contribution in [1.29, 1.82) is 0 Å². The van der Waals surface area contributed by atoms with Crippen LogP contribution < -0.4 is 5.73 Å². The Kier molecular flexibility index (Phi) is 4.35. The minimum Gasteiger partial charge on any atom is -0.389 e. The summed E-state index contributed by atoms with van der Waals surface area (Å²) >= 11 is 0. The molecular weight excluding hydrogens is 224 g/mol. The molecule has 0 radical (unpaired) electrons. The molecule has 3 atom stereocenters. The summed E-state index contributed by atoms with van der Waals surface area (Å²) in [4.78, 5) is 2.46. The molecule has 2 fully saturated rings. The number of rotatable bonds is 3. The molecule has 1 heterocycles. The van der Waals surface area contributed by atoms with E-state index < -0.39 is 5.60 Å². The summed E-state index contributed by atoms with van der Waals surface area (Å²) in [6.07, 6.45) is 6.43. The molecule has 3 N–H and O–H groups in total. The molecule has 1 saturated heterocycles. The molecule has 0 aromatic rings. The summed E-state index contributed by atoms with van der Waals surface area (Å²) in [5.74, 6) is 0.725. The Morgan fingerprint density at radius 1 is 1.28 bits per heavy atom. The number of hydrogen-bond acceptors (Lipinski definition) is 3. The summed E-state index contributed by atoms with van der Waals surface area (Å²) in [6, 6.07) is 0. The molecule has 3 unspecified atom stereocenters. The van der Waals surface area contributed by atoms with Crippen molar-refractivity contribution in [3.05, 3.63) is 0 Å². The van der Waals surface area contributed by atoms with Gasteiger partial charge in [-0.2, -0.15) is 0 Å². The van der Waals surface area contributed by atoms with E-state index in [0.717, 1.165) is 57.7 Å². The Morgan fingerprint density at radius 3 is 2.61 bits per heavy atom. The van der Waals surface area contributed by atoms with E-state index in [9.17, 15) is 5.11 Å². The fourth-order valence-electron chi connectivity index (χ4n) is 4.21. The fourth-order valence-corrected chi connectivity index (χ4v) is 4.21. The van der Waals surface area contributed by atoms with Crippen molar-refractivity contribution >= 4 is 0 Å². The Hall–Kier alpha value is -0.120. The molecule has 2 aliphatic rings. The first-order valence-electron chi connectivity index (χ1n) is 7.70. The Bertz CT molecular complexity index is 284. The van der Waals surface area contributed by atoms with Gasteiger partial charge in [-0.25, -0.2) is 0 Å². The van der Waals surface area contributed by atoms with E-state index in [0.29, 0.717) is 6.54 Å². The van der Waals surface area contributed by atoms with Gasteiger partial charge in [-0.1, -0.05) is 20.3 Å². The number of aliphatic hydroxyl groups is 1. The van der Waals surface area contributed by atoms with Crippen molar-refractivity contribution in [2.45, 2.75) is 58.0 Å². The van der Waals surface area contributed by atoms with Crippen LogP contribution in [0.1, 0.15) is 52.4 Å². The van der Waals surface area contributed by atoms with Crippen LogP contribution in [0.4, 0.5) is 0 Å². The van der Waals surface area contributed by atoms with Crippen LogP contribution in [-0.2, 0) is 0 Å². The molecule has 1 saturated carbocycles. The molecule has 0 aromatic heterocycles. The molecular formula is C15H30N2O. The van der Waals surface area contributed by atoms with Crippen LogP contribution in [0.3, 0.4) is 0 Å². The summed E-state index contributed by atoms with van der Waals surface area (Å²) < 4.78 is 0. The standard InChI is InChI=1S/C15H30N2O/c1-3-17-9-4-6-15(18,8-10-17)14(12-16)7-5-13(2)11-14/h13,18H,3-12,16H2,1-2H3. The lowest BCUT2D eigenvalue weighted by Gasteiger charge is -2.45. The molecule has 1 aliphatic heterocycles. The van der Waals surface area contributed by atoms with Gasteiger partial charge < -0.3 is 15.7 Å². The van der Waals surface area contributed by atoms with Gasteiger partial charge in [0, 0.05) is 18.5 Å². The lowest BCUT2D eigenvalue weighted by atomic mass is 9.66. The third-order valence-corrected chi connectivity index (χ3v) is 5.59. The first-order chi connectivity index (χ1) is 8.55. The van der Waals surface area contributed by atoms with Gasteiger partial charge in [0.15, 0.2) is 0 Å². The van der Waals surface area contributed by atoms with Gasteiger partial charge in [0.05, 0.1) is 5.60 Å². The zero-order valence-electron chi connectivity index (χ0n) is 12.1. The van der Waals surface area contributed by atoms with Gasteiger partial charge in [0.2, 0.25) is 0 Å². The summed E-state index contributed by atoms with van der Waals surface area (Å²) in [6.45, 7) is 8.43. The average Bonchev–Trinajstić information content (AvgIpc) is 2.65. The number of likely N-dealkylation sites (tertiary alicyclic amines) is 1. The highest BCUT2D eigenvalue weighted by molar-refractivity contribution is 5.04. The highest BCUT2D eigenvalue weighted by Gasteiger charge is 2.52. The van der Waals surface area contributed by atoms with E-state index in [1.807, 2.05) is 0 Å². The molecule has 106 valence electrons. The predicted octanol–water partition coefficient (Wildman–Crippen LogP) is 1.99. The molecule has 0 bridgehead atoms. The van der Waals surface area contributed by atoms with Crippen molar-refractivity contribution in [2.24, 2.45) is 17.1 Å². The van der Waals surface area contributed by atoms with Gasteiger partial charge in [-0.15, -0.1) is 0 Å². The molecule has 2 rings (SSSR count). The summed E-state index contributed by atoms with van der Waals surface area (Å²) in [7, 11) is 0. The van der Waals surface area contributed by atoms with Crippen LogP contribution in [-0.4, -0.2) is 41.8 Å². The molecule has 0 aromatic carbocycles. The number of nitrogens with two attached hydrogens (primary N) is 1. The monoisotopic (exact) mass is 254 g/mol. The quantitative estimate of drug-likeness (QED) is 0.810. The van der Waals surface area contributed by atoms with Crippen LogP contribution in [0, 0.1) is 11.3 Å². The smallest absolute Gasteiger partial charge is 0.0728 e. The number of hydrogen-bond donors (Lipinski definition) is 2. The average molecular weight is 254 g/mol. The first-order valence-corrected chi connectivity index (χ1v) is 7.70. The van der Waals surface area contributed by atoms with Crippen LogP contribution in [0.5, 0.6) is 0 Å². The maximum Gasteiger partial charge on any atom is 0.0728 e. The van der Waals surface area contributed by atoms with Crippen LogP contribution in [0.15, 0.2) is 0 Å². The van der Waals surface area contributed by atoms with Crippen molar-refractivity contribution in [1.82, 2.24) is 4.90 Å². The van der Waals surface area contributed by atoms with Crippen molar-refractivity contribution < 1.29 is 5.11 Å². The summed E-state index contributed by atoms with van der Waals surface area (Å²) in [5.41, 5.74) is 5.57. The van der Waals surface area contributed by atoms with Gasteiger partial charge in [0.1, 0.15) is 0 Å². The van der Waals surface area contributed by atoms with Crippen molar-refractivity contribution in [3.63, 3.8) is 0 Å². The topological polar surface area (TPSA) is 49.5 Å². The van der Waals surface area contributed by atoms with Gasteiger partial charge in [0.25, 0.3) is 0 Å². The highest BCUT2D eigenvalue weighted by atomic mass is 16.3. The Labute approximate surface area is 112 Å². The van der Waals surface area contributed by atoms with E-state index >= 15 is 0 Å². The molecule has 0 spiro atoms. The lowest BCUT2D eigenvalue weighted by Crippen LogP contribution is -2.51. The maximum absolute atomic E-state index is 11.2. The molecule has 3 nitrogen and oxygen atoms in total. The van der Waals surface area contributed by atoms with Crippen LogP contribution >= 0.6 is 0 Å². The molecule has 1 aliphatic carbocycles. The zero-order chi connectivity index (χ0) is 13.2. The molecule has 3 heteroatoms. The second kappa shape index (κ2) is 5.48. The van der Waals surface area contributed by atoms with E-state index in [-0.39, 0.29) is 5.41 Å². The largest absolute Gasteiger partial charge is 0.389 e. The molecule has 0 amide bonds. The minimum atomic E-state index is -0.517. The highest BCUT2D eigenvalue weighted by Crippen LogP contribution is 2.51. The van der Waals surface area contributed by atoms with E-state index in [1.165, 1.54) is 6.42 Å². The second-order valence-electron chi connectivity index (χ2n) is 6.65. The normalized spacial score (nSPS) is 43.0. The lowest BCUT2D eigenvalue weighted by molar-refractivity contribution is -0.0898. The maximum atomic E-state index is 11.2. The van der Waals surface area contributed by atoms with Gasteiger partial charge >= 0.3 is 0 Å². The molecule has 18 heavy (non-hydrogen) atoms. The van der Waals surface area contributed by atoms with E-state index in [4.69, 9.17) is 5.73 Å². The van der Waals surface area contributed by atoms with Gasteiger partial charge in [-0.3, -0.25) is 0 Å². The zero-order valence-corrected chi connectivity index (χ0v) is 12.1. The van der Waals surface area contributed by atoms with Crippen molar-refractivity contribution in [2.75, 3.05) is 26.2 Å². The van der Waals surface area contributed by atoms with Crippen LogP contribution in [0.2, 0.25) is 0 Å². The van der Waals surface area contributed by atoms with E-state index in [1.54, 1.807) is 0 Å². The third-order valence-electron chi connectivity index (χ3n) is 5.59. The number of nitrogens with zero attached hydrogens (tertiary/aromatic N) is 1. The fraction of sp³-hybridized carbons (Fsp3) is 1.00.